The summed E-state index contributed by atoms with van der Waals surface area (Å²) < 4.78 is 40.1. The summed E-state index contributed by atoms with van der Waals surface area (Å²) in [6, 6.07) is 7.22. The molecule has 0 aliphatic heterocycles. The van der Waals surface area contributed by atoms with Crippen molar-refractivity contribution in [1.82, 2.24) is 0 Å². The lowest BCUT2D eigenvalue weighted by Gasteiger charge is -2.09. The number of benzene rings is 1. The maximum atomic E-state index is 12.1. The Hall–Kier alpha value is -1.82. The number of ether oxygens (including phenoxy) is 1. The first-order chi connectivity index (χ1) is 8.49. The van der Waals surface area contributed by atoms with Crippen LogP contribution in [-0.2, 0) is 0 Å². The van der Waals surface area contributed by atoms with E-state index in [4.69, 9.17) is 0 Å². The number of alkyl halides is 3. The lowest BCUT2D eigenvalue weighted by atomic mass is 10.1. The first-order valence-corrected chi connectivity index (χ1v) is 5.76. The standard InChI is InChI=1S/C12H7F3O2S/c13-12(14,15)17-9-3-1-2-8(6-9)10-4-5-18-11(10)7-16/h1-7H. The Bertz CT molecular complexity index is 560. The van der Waals surface area contributed by atoms with Crippen LogP contribution in [0, 0.1) is 0 Å². The van der Waals surface area contributed by atoms with E-state index in [9.17, 15) is 18.0 Å². The number of hydrogen-bond acceptors (Lipinski definition) is 3. The zero-order chi connectivity index (χ0) is 13.2. The summed E-state index contributed by atoms with van der Waals surface area (Å²) in [5, 5.41) is 1.70. The Balaban J connectivity index is 2.36. The van der Waals surface area contributed by atoms with Gasteiger partial charge in [-0.3, -0.25) is 4.79 Å². The Morgan fingerprint density at radius 3 is 2.67 bits per heavy atom. The first-order valence-electron chi connectivity index (χ1n) is 4.88. The van der Waals surface area contributed by atoms with Crippen LogP contribution in [0.5, 0.6) is 5.75 Å². The van der Waals surface area contributed by atoms with Gasteiger partial charge in [-0.15, -0.1) is 24.5 Å². The summed E-state index contributed by atoms with van der Waals surface area (Å²) in [5.74, 6) is -0.303. The second-order valence-corrected chi connectivity index (χ2v) is 4.34. The van der Waals surface area contributed by atoms with E-state index in [-0.39, 0.29) is 5.75 Å². The average Bonchev–Trinajstić information content (AvgIpc) is 2.75. The lowest BCUT2D eigenvalue weighted by molar-refractivity contribution is -0.274. The first kappa shape index (κ1) is 12.6. The maximum Gasteiger partial charge on any atom is 0.573 e. The van der Waals surface area contributed by atoms with Crippen LogP contribution in [0.4, 0.5) is 13.2 Å². The van der Waals surface area contributed by atoms with E-state index in [0.717, 1.165) is 0 Å². The maximum absolute atomic E-state index is 12.1. The summed E-state index contributed by atoms with van der Waals surface area (Å²) in [6.45, 7) is 0. The molecule has 1 aromatic carbocycles. The van der Waals surface area contributed by atoms with E-state index in [0.29, 0.717) is 22.3 Å². The molecule has 0 unspecified atom stereocenters. The molecule has 0 spiro atoms. The fraction of sp³-hybridized carbons (Fsp3) is 0.0833. The van der Waals surface area contributed by atoms with Crippen molar-refractivity contribution in [2.45, 2.75) is 6.36 Å². The number of aldehydes is 1. The normalized spacial score (nSPS) is 11.3. The smallest absolute Gasteiger partial charge is 0.406 e. The van der Waals surface area contributed by atoms with Gasteiger partial charge in [-0.2, -0.15) is 0 Å². The molecule has 0 aliphatic carbocycles. The van der Waals surface area contributed by atoms with Gasteiger partial charge in [0.25, 0.3) is 0 Å². The van der Waals surface area contributed by atoms with Crippen LogP contribution in [0.1, 0.15) is 9.67 Å². The topological polar surface area (TPSA) is 26.3 Å². The third-order valence-electron chi connectivity index (χ3n) is 2.18. The van der Waals surface area contributed by atoms with Crippen LogP contribution in [0.15, 0.2) is 35.7 Å². The third kappa shape index (κ3) is 2.89. The predicted octanol–water partition coefficient (Wildman–Crippen LogP) is 4.13. The SMILES string of the molecule is O=Cc1sccc1-c1cccc(OC(F)(F)F)c1. The summed E-state index contributed by atoms with van der Waals surface area (Å²) in [7, 11) is 0. The van der Waals surface area contributed by atoms with Crippen molar-refractivity contribution in [3.8, 4) is 16.9 Å². The van der Waals surface area contributed by atoms with Crippen molar-refractivity contribution >= 4 is 17.6 Å². The highest BCUT2D eigenvalue weighted by molar-refractivity contribution is 7.12. The molecule has 0 aliphatic rings. The Morgan fingerprint density at radius 2 is 2.00 bits per heavy atom. The molecular formula is C12H7F3O2S. The Labute approximate surface area is 105 Å². The molecule has 2 nitrogen and oxygen atoms in total. The monoisotopic (exact) mass is 272 g/mol. The van der Waals surface area contributed by atoms with Gasteiger partial charge in [-0.25, -0.2) is 0 Å². The third-order valence-corrected chi connectivity index (χ3v) is 3.02. The van der Waals surface area contributed by atoms with Crippen LogP contribution in [-0.4, -0.2) is 12.6 Å². The molecule has 0 amide bonds. The lowest BCUT2D eigenvalue weighted by Crippen LogP contribution is -2.17. The van der Waals surface area contributed by atoms with E-state index in [1.165, 1.54) is 29.5 Å². The number of rotatable bonds is 3. The molecule has 2 rings (SSSR count). The van der Waals surface area contributed by atoms with E-state index < -0.39 is 6.36 Å². The molecule has 6 heteroatoms. The van der Waals surface area contributed by atoms with Crippen LogP contribution in [0.3, 0.4) is 0 Å². The number of halogens is 3. The molecule has 0 fully saturated rings. The van der Waals surface area contributed by atoms with Crippen LogP contribution < -0.4 is 4.74 Å². The van der Waals surface area contributed by atoms with Crippen LogP contribution in [0.2, 0.25) is 0 Å². The molecular weight excluding hydrogens is 265 g/mol. The summed E-state index contributed by atoms with van der Waals surface area (Å²) in [6.07, 6.45) is -4.04. The van der Waals surface area contributed by atoms with Gasteiger partial charge in [-0.1, -0.05) is 12.1 Å². The summed E-state index contributed by atoms with van der Waals surface area (Å²) >= 11 is 1.23. The fourth-order valence-electron chi connectivity index (χ4n) is 1.51. The van der Waals surface area contributed by atoms with E-state index >= 15 is 0 Å². The molecule has 2 aromatic rings. The van der Waals surface area contributed by atoms with E-state index in [2.05, 4.69) is 4.74 Å². The van der Waals surface area contributed by atoms with Gasteiger partial charge in [-0.05, 0) is 29.1 Å². The van der Waals surface area contributed by atoms with Crippen molar-refractivity contribution < 1.29 is 22.7 Å². The molecule has 94 valence electrons. The van der Waals surface area contributed by atoms with Crippen molar-refractivity contribution in [2.24, 2.45) is 0 Å². The van der Waals surface area contributed by atoms with Gasteiger partial charge in [0.05, 0.1) is 4.88 Å². The second kappa shape index (κ2) is 4.81. The highest BCUT2D eigenvalue weighted by Gasteiger charge is 2.31. The second-order valence-electron chi connectivity index (χ2n) is 3.39. The molecule has 1 heterocycles. The van der Waals surface area contributed by atoms with Crippen LogP contribution >= 0.6 is 11.3 Å². The zero-order valence-corrected chi connectivity index (χ0v) is 9.72. The molecule has 0 N–H and O–H groups in total. The van der Waals surface area contributed by atoms with Gasteiger partial charge in [0.2, 0.25) is 0 Å². The molecule has 0 bridgehead atoms. The van der Waals surface area contributed by atoms with E-state index in [1.807, 2.05) is 0 Å². The molecule has 18 heavy (non-hydrogen) atoms. The zero-order valence-electron chi connectivity index (χ0n) is 8.90. The minimum absolute atomic E-state index is 0.303. The highest BCUT2D eigenvalue weighted by atomic mass is 32.1. The number of thiophene rings is 1. The van der Waals surface area contributed by atoms with Gasteiger partial charge < -0.3 is 4.74 Å². The fourth-order valence-corrected chi connectivity index (χ4v) is 2.23. The number of carbonyl (C=O) groups is 1. The number of hydrogen-bond donors (Lipinski definition) is 0. The molecule has 0 atom stereocenters. The molecule has 0 saturated heterocycles. The van der Waals surface area contributed by atoms with E-state index in [1.54, 1.807) is 17.5 Å². The summed E-state index contributed by atoms with van der Waals surface area (Å²) in [4.78, 5) is 11.2. The highest BCUT2D eigenvalue weighted by Crippen LogP contribution is 2.31. The van der Waals surface area contributed by atoms with Gasteiger partial charge >= 0.3 is 6.36 Å². The molecule has 0 saturated carbocycles. The largest absolute Gasteiger partial charge is 0.573 e. The molecule has 0 radical (unpaired) electrons. The summed E-state index contributed by atoms with van der Waals surface area (Å²) in [5.41, 5.74) is 1.11. The van der Waals surface area contributed by atoms with Crippen molar-refractivity contribution in [3.63, 3.8) is 0 Å². The van der Waals surface area contributed by atoms with Crippen molar-refractivity contribution in [3.05, 3.63) is 40.6 Å². The average molecular weight is 272 g/mol. The van der Waals surface area contributed by atoms with Gasteiger partial charge in [0.1, 0.15) is 5.75 Å². The van der Waals surface area contributed by atoms with Crippen molar-refractivity contribution in [1.29, 1.82) is 0 Å². The minimum atomic E-state index is -4.72. The molecule has 1 aromatic heterocycles. The predicted molar refractivity (Wildman–Crippen MR) is 61.8 cm³/mol. The van der Waals surface area contributed by atoms with Gasteiger partial charge in [0.15, 0.2) is 6.29 Å². The van der Waals surface area contributed by atoms with Crippen LogP contribution in [0.25, 0.3) is 11.1 Å². The Morgan fingerprint density at radius 1 is 1.22 bits per heavy atom. The van der Waals surface area contributed by atoms with Gasteiger partial charge in [0, 0.05) is 5.56 Å². The number of carbonyl (C=O) groups excluding carboxylic acids is 1. The van der Waals surface area contributed by atoms with Crippen molar-refractivity contribution in [2.75, 3.05) is 0 Å². The minimum Gasteiger partial charge on any atom is -0.406 e. The quantitative estimate of drug-likeness (QED) is 0.785. The Kier molecular flexibility index (Phi) is 3.38.